The van der Waals surface area contributed by atoms with Gasteiger partial charge in [0.25, 0.3) is 0 Å². The zero-order valence-corrected chi connectivity index (χ0v) is 13.2. The van der Waals surface area contributed by atoms with Gasteiger partial charge in [0.05, 0.1) is 0 Å². The van der Waals surface area contributed by atoms with Gasteiger partial charge in [0.1, 0.15) is 0 Å². The lowest BCUT2D eigenvalue weighted by Gasteiger charge is -2.22. The molecule has 19 heavy (non-hydrogen) atoms. The summed E-state index contributed by atoms with van der Waals surface area (Å²) in [5.41, 5.74) is 3.64. The Balaban J connectivity index is 2.20. The highest BCUT2D eigenvalue weighted by Crippen LogP contribution is 2.55. The molecule has 0 aromatic heterocycles. The molecule has 0 amide bonds. The molecule has 1 nitrogen and oxygen atoms in total. The molecule has 1 aromatic carbocycles. The number of rotatable bonds is 5. The molecule has 2 unspecified atom stereocenters. The third kappa shape index (κ3) is 2.86. The van der Waals surface area contributed by atoms with Crippen molar-refractivity contribution in [3.63, 3.8) is 0 Å². The minimum absolute atomic E-state index is 0.251. The van der Waals surface area contributed by atoms with Gasteiger partial charge < -0.3 is 5.32 Å². The molecule has 1 N–H and O–H groups in total. The van der Waals surface area contributed by atoms with Gasteiger partial charge in [0, 0.05) is 12.0 Å². The van der Waals surface area contributed by atoms with Crippen LogP contribution in [0, 0.1) is 5.92 Å². The van der Waals surface area contributed by atoms with Crippen LogP contribution in [-0.4, -0.2) is 13.1 Å². The number of nitrogens with one attached hydrogen (secondary N) is 1. The fourth-order valence-corrected chi connectivity index (χ4v) is 3.24. The molecule has 1 heteroatoms. The zero-order chi connectivity index (χ0) is 14.1. The number of likely N-dealkylation sites (N-methyl/N-ethyl adjacent to an activating group) is 1. The number of hydrogen-bond acceptors (Lipinski definition) is 1. The third-order valence-corrected chi connectivity index (χ3v) is 4.74. The van der Waals surface area contributed by atoms with Gasteiger partial charge in [-0.05, 0) is 35.4 Å². The van der Waals surface area contributed by atoms with Crippen LogP contribution in [0.5, 0.6) is 0 Å². The predicted octanol–water partition coefficient (Wildman–Crippen LogP) is 4.26. The Hall–Kier alpha value is -0.820. The Kier molecular flexibility index (Phi) is 4.06. The molecule has 2 atom stereocenters. The second-order valence-corrected chi connectivity index (χ2v) is 7.07. The van der Waals surface area contributed by atoms with Crippen molar-refractivity contribution in [2.24, 2.45) is 5.92 Å². The van der Waals surface area contributed by atoms with Gasteiger partial charge in [-0.2, -0.15) is 0 Å². The highest BCUT2D eigenvalue weighted by Gasteiger charge is 2.53. The molecule has 1 saturated carbocycles. The second kappa shape index (κ2) is 5.28. The average molecular weight is 259 g/mol. The van der Waals surface area contributed by atoms with Crippen LogP contribution in [0.3, 0.4) is 0 Å². The first kappa shape index (κ1) is 14.6. The molecule has 1 fully saturated rings. The van der Waals surface area contributed by atoms with Gasteiger partial charge in [-0.15, -0.1) is 0 Å². The summed E-state index contributed by atoms with van der Waals surface area (Å²) in [6, 6.07) is 9.39. The summed E-state index contributed by atoms with van der Waals surface area (Å²) in [6.07, 6.45) is 2.65. The Morgan fingerprint density at radius 3 is 2.21 bits per heavy atom. The molecule has 0 saturated heterocycles. The maximum absolute atomic E-state index is 3.56. The fourth-order valence-electron chi connectivity index (χ4n) is 3.24. The van der Waals surface area contributed by atoms with Crippen LogP contribution in [0.1, 0.15) is 58.6 Å². The molecule has 1 aromatic rings. The summed E-state index contributed by atoms with van der Waals surface area (Å²) in [5, 5.41) is 3.56. The van der Waals surface area contributed by atoms with E-state index < -0.39 is 0 Å². The summed E-state index contributed by atoms with van der Waals surface area (Å²) >= 11 is 0. The highest BCUT2D eigenvalue weighted by molar-refractivity contribution is 5.38. The maximum Gasteiger partial charge on any atom is 0.0109 e. The van der Waals surface area contributed by atoms with Crippen LogP contribution in [0.4, 0.5) is 0 Å². The predicted molar refractivity (Wildman–Crippen MR) is 83.8 cm³/mol. The van der Waals surface area contributed by atoms with E-state index in [1.54, 1.807) is 0 Å². The number of benzene rings is 1. The number of hydrogen-bond donors (Lipinski definition) is 1. The smallest absolute Gasteiger partial charge is 0.0109 e. The van der Waals surface area contributed by atoms with Crippen LogP contribution >= 0.6 is 0 Å². The van der Waals surface area contributed by atoms with Gasteiger partial charge in [-0.25, -0.2) is 0 Å². The van der Waals surface area contributed by atoms with Crippen molar-refractivity contribution >= 4 is 0 Å². The molecule has 1 aliphatic rings. The lowest BCUT2D eigenvalue weighted by Crippen LogP contribution is -2.28. The van der Waals surface area contributed by atoms with Crippen molar-refractivity contribution < 1.29 is 0 Å². The molecule has 0 radical (unpaired) electrons. The molecule has 0 aliphatic heterocycles. The zero-order valence-electron chi connectivity index (χ0n) is 13.2. The van der Waals surface area contributed by atoms with Crippen molar-refractivity contribution in [3.8, 4) is 0 Å². The van der Waals surface area contributed by atoms with E-state index in [0.717, 1.165) is 19.0 Å². The topological polar surface area (TPSA) is 12.0 Å². The van der Waals surface area contributed by atoms with Crippen molar-refractivity contribution in [3.05, 3.63) is 35.4 Å². The van der Waals surface area contributed by atoms with E-state index in [9.17, 15) is 0 Å². The maximum atomic E-state index is 3.56. The molecular weight excluding hydrogens is 230 g/mol. The van der Waals surface area contributed by atoms with E-state index in [1.165, 1.54) is 24.0 Å². The van der Waals surface area contributed by atoms with E-state index in [0.29, 0.717) is 5.41 Å². The monoisotopic (exact) mass is 259 g/mol. The minimum Gasteiger partial charge on any atom is -0.316 e. The van der Waals surface area contributed by atoms with E-state index in [1.807, 2.05) is 0 Å². The normalized spacial score (nSPS) is 26.5. The molecule has 2 rings (SSSR count). The van der Waals surface area contributed by atoms with Crippen molar-refractivity contribution in [1.82, 2.24) is 5.32 Å². The van der Waals surface area contributed by atoms with E-state index in [4.69, 9.17) is 0 Å². The van der Waals surface area contributed by atoms with E-state index >= 15 is 0 Å². The van der Waals surface area contributed by atoms with Gasteiger partial charge in [-0.1, -0.05) is 65.3 Å². The summed E-state index contributed by atoms with van der Waals surface area (Å²) in [4.78, 5) is 0. The first-order chi connectivity index (χ1) is 8.94. The van der Waals surface area contributed by atoms with Gasteiger partial charge in [0.15, 0.2) is 0 Å². The second-order valence-electron chi connectivity index (χ2n) is 7.07. The largest absolute Gasteiger partial charge is 0.316 e. The minimum atomic E-state index is 0.251. The Morgan fingerprint density at radius 2 is 1.79 bits per heavy atom. The van der Waals surface area contributed by atoms with Crippen LogP contribution in [0.15, 0.2) is 24.3 Å². The van der Waals surface area contributed by atoms with E-state index in [-0.39, 0.29) is 5.41 Å². The first-order valence-corrected chi connectivity index (χ1v) is 7.75. The molecule has 0 bridgehead atoms. The van der Waals surface area contributed by atoms with Crippen molar-refractivity contribution in [1.29, 1.82) is 0 Å². The SMILES string of the molecule is CCNCC1(c2ccc(C(C)(C)C)cc2)CC1CC. The van der Waals surface area contributed by atoms with Crippen LogP contribution in [0.25, 0.3) is 0 Å². The van der Waals surface area contributed by atoms with Gasteiger partial charge in [-0.3, -0.25) is 0 Å². The first-order valence-electron chi connectivity index (χ1n) is 7.75. The molecule has 1 aliphatic carbocycles. The summed E-state index contributed by atoms with van der Waals surface area (Å²) < 4.78 is 0. The average Bonchev–Trinajstić information content (AvgIpc) is 3.10. The molecule has 0 heterocycles. The van der Waals surface area contributed by atoms with Crippen LogP contribution < -0.4 is 5.32 Å². The Labute approximate surface area is 118 Å². The summed E-state index contributed by atoms with van der Waals surface area (Å²) in [6.45, 7) is 13.6. The van der Waals surface area contributed by atoms with Crippen molar-refractivity contribution in [2.45, 2.75) is 58.3 Å². The van der Waals surface area contributed by atoms with Crippen LogP contribution in [0.2, 0.25) is 0 Å². The highest BCUT2D eigenvalue weighted by atomic mass is 14.9. The van der Waals surface area contributed by atoms with Crippen molar-refractivity contribution in [2.75, 3.05) is 13.1 Å². The standard InChI is InChI=1S/C18H29N/c1-6-14-12-18(14,13-19-7-2)16-10-8-15(9-11-16)17(3,4)5/h8-11,14,19H,6-7,12-13H2,1-5H3. The lowest BCUT2D eigenvalue weighted by atomic mass is 9.84. The van der Waals surface area contributed by atoms with Gasteiger partial charge >= 0.3 is 0 Å². The molecule has 0 spiro atoms. The van der Waals surface area contributed by atoms with Crippen LogP contribution in [-0.2, 0) is 10.8 Å². The summed E-state index contributed by atoms with van der Waals surface area (Å²) in [7, 11) is 0. The fraction of sp³-hybridized carbons (Fsp3) is 0.667. The Bertz CT molecular complexity index is 412. The lowest BCUT2D eigenvalue weighted by molar-refractivity contribution is 0.532. The molecular formula is C18H29N. The third-order valence-electron chi connectivity index (χ3n) is 4.74. The Morgan fingerprint density at radius 1 is 1.16 bits per heavy atom. The molecule has 106 valence electrons. The van der Waals surface area contributed by atoms with E-state index in [2.05, 4.69) is 64.2 Å². The summed E-state index contributed by atoms with van der Waals surface area (Å²) in [5.74, 6) is 0.868. The quantitative estimate of drug-likeness (QED) is 0.833. The van der Waals surface area contributed by atoms with Gasteiger partial charge in [0.2, 0.25) is 0 Å².